The summed E-state index contributed by atoms with van der Waals surface area (Å²) in [6, 6.07) is 3.63. The SMILES string of the molecule is COCC1(CNS(=O)(=O)c2ccc(C(F)(F)F)c(C#N)c2)CCNCC1.Cl. The minimum atomic E-state index is -4.72. The number of nitriles is 1. The molecule has 0 atom stereocenters. The maximum absolute atomic E-state index is 12.9. The van der Waals surface area contributed by atoms with Gasteiger partial charge in [-0.05, 0) is 44.1 Å². The highest BCUT2D eigenvalue weighted by atomic mass is 35.5. The predicted molar refractivity (Wildman–Crippen MR) is 95.0 cm³/mol. The monoisotopic (exact) mass is 427 g/mol. The van der Waals surface area contributed by atoms with Gasteiger partial charge in [-0.15, -0.1) is 12.4 Å². The first-order valence-corrected chi connectivity index (χ1v) is 9.43. The summed E-state index contributed by atoms with van der Waals surface area (Å²) in [5, 5.41) is 12.1. The average molecular weight is 428 g/mol. The van der Waals surface area contributed by atoms with Crippen molar-refractivity contribution in [2.45, 2.75) is 23.9 Å². The Labute approximate surface area is 162 Å². The lowest BCUT2D eigenvalue weighted by Gasteiger charge is -2.37. The molecule has 0 aliphatic carbocycles. The van der Waals surface area contributed by atoms with Crippen LogP contribution in [0.1, 0.15) is 24.0 Å². The third kappa shape index (κ3) is 5.80. The molecule has 1 heterocycles. The van der Waals surface area contributed by atoms with E-state index in [4.69, 9.17) is 10.00 Å². The van der Waals surface area contributed by atoms with E-state index in [0.717, 1.165) is 25.2 Å². The third-order valence-electron chi connectivity index (χ3n) is 4.48. The fourth-order valence-electron chi connectivity index (χ4n) is 3.00. The number of methoxy groups -OCH3 is 1. The lowest BCUT2D eigenvalue weighted by molar-refractivity contribution is -0.137. The number of nitrogens with zero attached hydrogens (tertiary/aromatic N) is 1. The normalized spacial score (nSPS) is 17.0. The van der Waals surface area contributed by atoms with Gasteiger partial charge in [0.2, 0.25) is 10.0 Å². The second kappa shape index (κ2) is 9.21. The van der Waals surface area contributed by atoms with Crippen LogP contribution < -0.4 is 10.0 Å². The summed E-state index contributed by atoms with van der Waals surface area (Å²) in [5.74, 6) is 0. The van der Waals surface area contributed by atoms with E-state index >= 15 is 0 Å². The minimum Gasteiger partial charge on any atom is -0.384 e. The van der Waals surface area contributed by atoms with Crippen molar-refractivity contribution in [3.63, 3.8) is 0 Å². The van der Waals surface area contributed by atoms with E-state index in [1.54, 1.807) is 0 Å². The number of ether oxygens (including phenoxy) is 1. The van der Waals surface area contributed by atoms with E-state index in [9.17, 15) is 21.6 Å². The number of hydrogen-bond acceptors (Lipinski definition) is 5. The highest BCUT2D eigenvalue weighted by molar-refractivity contribution is 7.89. The number of hydrogen-bond donors (Lipinski definition) is 2. The molecule has 1 aromatic rings. The molecule has 0 unspecified atom stereocenters. The van der Waals surface area contributed by atoms with Gasteiger partial charge in [0.1, 0.15) is 0 Å². The molecule has 1 aliphatic rings. The Bertz CT molecular complexity index is 783. The highest BCUT2D eigenvalue weighted by Crippen LogP contribution is 2.33. The number of halogens is 4. The summed E-state index contributed by atoms with van der Waals surface area (Å²) in [5.41, 5.74) is -2.26. The first kappa shape index (κ1) is 23.7. The van der Waals surface area contributed by atoms with Crippen LogP contribution >= 0.6 is 12.4 Å². The molecule has 6 nitrogen and oxygen atoms in total. The van der Waals surface area contributed by atoms with Gasteiger partial charge in [-0.1, -0.05) is 0 Å². The lowest BCUT2D eigenvalue weighted by Crippen LogP contribution is -2.47. The molecule has 2 rings (SSSR count). The zero-order chi connectivity index (χ0) is 19.4. The molecule has 0 spiro atoms. The van der Waals surface area contributed by atoms with E-state index in [-0.39, 0.29) is 29.3 Å². The fourth-order valence-corrected chi connectivity index (χ4v) is 4.18. The summed E-state index contributed by atoms with van der Waals surface area (Å²) >= 11 is 0. The van der Waals surface area contributed by atoms with Crippen molar-refractivity contribution in [2.75, 3.05) is 33.4 Å². The summed E-state index contributed by atoms with van der Waals surface area (Å²) in [4.78, 5) is -0.372. The molecular weight excluding hydrogens is 407 g/mol. The number of benzene rings is 1. The number of nitrogens with one attached hydrogen (secondary N) is 2. The van der Waals surface area contributed by atoms with Gasteiger partial charge in [-0.3, -0.25) is 0 Å². The zero-order valence-corrected chi connectivity index (χ0v) is 16.2. The van der Waals surface area contributed by atoms with E-state index in [0.29, 0.717) is 25.5 Å². The molecule has 0 amide bonds. The molecule has 27 heavy (non-hydrogen) atoms. The van der Waals surface area contributed by atoms with Crippen molar-refractivity contribution in [1.29, 1.82) is 5.26 Å². The van der Waals surface area contributed by atoms with Gasteiger partial charge in [0.25, 0.3) is 0 Å². The number of alkyl halides is 3. The van der Waals surface area contributed by atoms with Crippen LogP contribution in [0.15, 0.2) is 23.1 Å². The molecule has 0 saturated carbocycles. The summed E-state index contributed by atoms with van der Waals surface area (Å²) in [6.07, 6.45) is -3.31. The number of sulfonamides is 1. The van der Waals surface area contributed by atoms with Gasteiger partial charge >= 0.3 is 6.18 Å². The predicted octanol–water partition coefficient (Wildman–Crippen LogP) is 2.29. The molecular formula is C16H21ClF3N3O3S. The van der Waals surface area contributed by atoms with Crippen LogP contribution in [-0.2, 0) is 20.9 Å². The second-order valence-electron chi connectivity index (χ2n) is 6.32. The van der Waals surface area contributed by atoms with Gasteiger partial charge < -0.3 is 10.1 Å². The Morgan fingerprint density at radius 1 is 1.33 bits per heavy atom. The van der Waals surface area contributed by atoms with Crippen LogP contribution in [0.4, 0.5) is 13.2 Å². The molecule has 1 aliphatic heterocycles. The molecule has 1 aromatic carbocycles. The molecule has 2 N–H and O–H groups in total. The summed E-state index contributed by atoms with van der Waals surface area (Å²) < 4.78 is 71.2. The van der Waals surface area contributed by atoms with E-state index < -0.39 is 27.3 Å². The second-order valence-corrected chi connectivity index (χ2v) is 8.09. The molecule has 11 heteroatoms. The first-order valence-electron chi connectivity index (χ1n) is 7.94. The van der Waals surface area contributed by atoms with Crippen molar-refractivity contribution in [3.05, 3.63) is 29.3 Å². The molecule has 0 aromatic heterocycles. The standard InChI is InChI=1S/C16H20F3N3O3S.ClH/c1-25-11-15(4-6-21-7-5-15)10-22-26(23,24)13-2-3-14(16(17,18)19)12(8-13)9-20;/h2-3,8,21-22H,4-7,10-11H2,1H3;1H. The lowest BCUT2D eigenvalue weighted by atomic mass is 9.80. The van der Waals surface area contributed by atoms with Crippen molar-refractivity contribution in [3.8, 4) is 6.07 Å². The smallest absolute Gasteiger partial charge is 0.384 e. The largest absolute Gasteiger partial charge is 0.417 e. The number of piperidine rings is 1. The van der Waals surface area contributed by atoms with Crippen LogP contribution in [-0.4, -0.2) is 41.8 Å². The number of rotatable bonds is 6. The first-order chi connectivity index (χ1) is 12.1. The van der Waals surface area contributed by atoms with Crippen LogP contribution in [0, 0.1) is 16.7 Å². The zero-order valence-electron chi connectivity index (χ0n) is 14.6. The molecule has 1 saturated heterocycles. The van der Waals surface area contributed by atoms with Gasteiger partial charge in [0.15, 0.2) is 0 Å². The third-order valence-corrected chi connectivity index (χ3v) is 5.88. The Morgan fingerprint density at radius 2 is 1.96 bits per heavy atom. The molecule has 152 valence electrons. The van der Waals surface area contributed by atoms with Gasteiger partial charge in [0.05, 0.1) is 28.7 Å². The Balaban J connectivity index is 0.00000364. The van der Waals surface area contributed by atoms with Gasteiger partial charge in [-0.2, -0.15) is 18.4 Å². The topological polar surface area (TPSA) is 91.2 Å². The Hall–Kier alpha value is -1.38. The van der Waals surface area contributed by atoms with Crippen molar-refractivity contribution >= 4 is 22.4 Å². The molecule has 0 bridgehead atoms. The maximum Gasteiger partial charge on any atom is 0.417 e. The summed E-state index contributed by atoms with van der Waals surface area (Å²) in [6.45, 7) is 1.93. The quantitative estimate of drug-likeness (QED) is 0.726. The minimum absolute atomic E-state index is 0. The van der Waals surface area contributed by atoms with Crippen LogP contribution in [0.3, 0.4) is 0 Å². The van der Waals surface area contributed by atoms with E-state index in [1.165, 1.54) is 13.2 Å². The highest BCUT2D eigenvalue weighted by Gasteiger charge is 2.36. The van der Waals surface area contributed by atoms with Crippen LogP contribution in [0.25, 0.3) is 0 Å². The van der Waals surface area contributed by atoms with E-state index in [2.05, 4.69) is 10.0 Å². The summed E-state index contributed by atoms with van der Waals surface area (Å²) in [7, 11) is -2.52. The maximum atomic E-state index is 12.9. The van der Waals surface area contributed by atoms with Crippen molar-refractivity contribution in [2.24, 2.45) is 5.41 Å². The van der Waals surface area contributed by atoms with Crippen LogP contribution in [0.2, 0.25) is 0 Å². The molecule has 0 radical (unpaired) electrons. The average Bonchev–Trinajstić information content (AvgIpc) is 2.60. The van der Waals surface area contributed by atoms with Crippen LogP contribution in [0.5, 0.6) is 0 Å². The van der Waals surface area contributed by atoms with E-state index in [1.807, 2.05) is 0 Å². The van der Waals surface area contributed by atoms with Gasteiger partial charge in [-0.25, -0.2) is 13.1 Å². The molecule has 1 fully saturated rings. The Kier molecular flexibility index (Phi) is 8.07. The van der Waals surface area contributed by atoms with Crippen molar-refractivity contribution < 1.29 is 26.3 Å². The van der Waals surface area contributed by atoms with Gasteiger partial charge in [0, 0.05) is 19.1 Å². The Morgan fingerprint density at radius 3 is 2.48 bits per heavy atom. The fraction of sp³-hybridized carbons (Fsp3) is 0.562. The van der Waals surface area contributed by atoms with Crippen molar-refractivity contribution in [1.82, 2.24) is 10.0 Å².